The first kappa shape index (κ1) is 21.2. The Morgan fingerprint density at radius 3 is 2.71 bits per heavy atom. The Hall–Kier alpha value is -4.37. The molecule has 4 aromatic heterocycles. The summed E-state index contributed by atoms with van der Waals surface area (Å²) < 4.78 is 14.1. The van der Waals surface area contributed by atoms with Crippen LogP contribution in [0.2, 0.25) is 0 Å². The zero-order chi connectivity index (χ0) is 24.3. The van der Waals surface area contributed by atoms with Gasteiger partial charge in [0.15, 0.2) is 0 Å². The molecule has 4 heterocycles. The van der Waals surface area contributed by atoms with Gasteiger partial charge in [0.2, 0.25) is 0 Å². The van der Waals surface area contributed by atoms with Crippen molar-refractivity contribution in [2.24, 2.45) is 0 Å². The van der Waals surface area contributed by atoms with Crippen molar-refractivity contribution >= 4 is 32.5 Å². The molecule has 1 N–H and O–H groups in total. The van der Waals surface area contributed by atoms with Gasteiger partial charge in [0.25, 0.3) is 5.56 Å². The molecule has 0 atom stereocenters. The maximum atomic E-state index is 13.5. The van der Waals surface area contributed by atoms with Crippen LogP contribution in [0.3, 0.4) is 0 Å². The summed E-state index contributed by atoms with van der Waals surface area (Å²) in [5.74, 6) is 0.677. The minimum absolute atomic E-state index is 0.357. The number of imidazole rings is 1. The molecule has 0 fully saturated rings. The number of aromatic nitrogens is 4. The van der Waals surface area contributed by atoms with E-state index in [0.717, 1.165) is 32.8 Å². The molecule has 174 valence electrons. The van der Waals surface area contributed by atoms with Gasteiger partial charge in [-0.05, 0) is 61.4 Å². The Labute approximate surface area is 202 Å². The molecular weight excluding hydrogens is 464 g/mol. The number of benzene rings is 2. The smallest absolute Gasteiger partial charge is 0.334 e. The number of aryl methyl sites for hydroxylation is 2. The third-order valence-electron chi connectivity index (χ3n) is 6.11. The van der Waals surface area contributed by atoms with Crippen molar-refractivity contribution in [2.75, 3.05) is 7.11 Å². The molecule has 0 saturated heterocycles. The van der Waals surface area contributed by atoms with Crippen LogP contribution in [0.25, 0.3) is 43.0 Å². The number of nitrogens with one attached hydrogen (secondary N) is 1. The number of fused-ring (bicyclic) bond motifs is 2. The van der Waals surface area contributed by atoms with Crippen molar-refractivity contribution in [1.29, 1.82) is 0 Å². The van der Waals surface area contributed by atoms with Crippen molar-refractivity contribution in [3.63, 3.8) is 0 Å². The summed E-state index contributed by atoms with van der Waals surface area (Å²) in [7, 11) is 1.62. The lowest BCUT2D eigenvalue weighted by Crippen LogP contribution is -2.33. The fourth-order valence-corrected chi connectivity index (χ4v) is 5.59. The summed E-state index contributed by atoms with van der Waals surface area (Å²) in [4.78, 5) is 35.1. The van der Waals surface area contributed by atoms with Gasteiger partial charge in [-0.3, -0.25) is 9.78 Å². The lowest BCUT2D eigenvalue weighted by Gasteiger charge is -2.11. The van der Waals surface area contributed by atoms with Crippen LogP contribution in [0.1, 0.15) is 11.3 Å². The molecule has 2 aromatic carbocycles. The number of hydrogen-bond donors (Lipinski definition) is 1. The fraction of sp³-hybridized carbons (Fsp3) is 0.115. The van der Waals surface area contributed by atoms with E-state index in [1.165, 1.54) is 15.9 Å². The van der Waals surface area contributed by atoms with Crippen molar-refractivity contribution in [2.45, 2.75) is 13.8 Å². The zero-order valence-corrected chi connectivity index (χ0v) is 20.0. The predicted octanol–water partition coefficient (Wildman–Crippen LogP) is 4.96. The Morgan fingerprint density at radius 2 is 1.94 bits per heavy atom. The first-order chi connectivity index (χ1) is 16.9. The first-order valence-electron chi connectivity index (χ1n) is 10.9. The predicted molar refractivity (Wildman–Crippen MR) is 136 cm³/mol. The summed E-state index contributed by atoms with van der Waals surface area (Å²) in [6, 6.07) is 12.9. The van der Waals surface area contributed by atoms with E-state index in [9.17, 15) is 9.59 Å². The second-order valence-corrected chi connectivity index (χ2v) is 9.30. The van der Waals surface area contributed by atoms with E-state index in [1.54, 1.807) is 44.0 Å². The number of nitrogens with zero attached hydrogens (tertiary/aromatic N) is 3. The van der Waals surface area contributed by atoms with Crippen LogP contribution >= 0.6 is 11.3 Å². The minimum atomic E-state index is -0.485. The van der Waals surface area contributed by atoms with E-state index >= 15 is 0 Å². The van der Waals surface area contributed by atoms with Gasteiger partial charge in [-0.2, -0.15) is 0 Å². The van der Waals surface area contributed by atoms with Gasteiger partial charge >= 0.3 is 5.69 Å². The van der Waals surface area contributed by atoms with E-state index < -0.39 is 5.69 Å². The maximum Gasteiger partial charge on any atom is 0.334 e. The van der Waals surface area contributed by atoms with Gasteiger partial charge in [-0.1, -0.05) is 6.07 Å². The number of furan rings is 1. The summed E-state index contributed by atoms with van der Waals surface area (Å²) in [5.41, 5.74) is 3.80. The average Bonchev–Trinajstić information content (AvgIpc) is 3.57. The number of thiophene rings is 1. The topological polar surface area (TPSA) is 95.0 Å². The summed E-state index contributed by atoms with van der Waals surface area (Å²) in [5, 5.41) is 1.31. The Bertz CT molecular complexity index is 1870. The molecule has 9 heteroatoms. The standard InChI is InChI=1S/C26H20N4O4S/c1-14-12-29(13-27-14)19-6-4-17(11-21(19)33-3)23-15(2)22-24(35-23)28-26(32)30(25(22)31)18-5-7-20-16(10-18)8-9-34-20/h4-13H,1-3H3,(H,28,32). The summed E-state index contributed by atoms with van der Waals surface area (Å²) >= 11 is 1.38. The second-order valence-electron chi connectivity index (χ2n) is 8.28. The fourth-order valence-electron chi connectivity index (χ4n) is 4.40. The highest BCUT2D eigenvalue weighted by atomic mass is 32.1. The van der Waals surface area contributed by atoms with Crippen LogP contribution in [-0.2, 0) is 0 Å². The number of H-pyrrole nitrogens is 1. The molecule has 0 bridgehead atoms. The Kier molecular flexibility index (Phi) is 4.75. The van der Waals surface area contributed by atoms with Crippen LogP contribution in [0.5, 0.6) is 5.75 Å². The van der Waals surface area contributed by atoms with Crippen LogP contribution in [0.15, 0.2) is 75.3 Å². The van der Waals surface area contributed by atoms with Gasteiger partial charge in [0.1, 0.15) is 16.2 Å². The van der Waals surface area contributed by atoms with E-state index in [-0.39, 0.29) is 5.56 Å². The van der Waals surface area contributed by atoms with Gasteiger partial charge in [0, 0.05) is 16.5 Å². The van der Waals surface area contributed by atoms with E-state index in [1.807, 2.05) is 42.8 Å². The lowest BCUT2D eigenvalue weighted by atomic mass is 10.1. The Balaban J connectivity index is 1.52. The molecule has 0 spiro atoms. The van der Waals surface area contributed by atoms with Crippen LogP contribution in [0, 0.1) is 13.8 Å². The molecule has 6 aromatic rings. The first-order valence-corrected chi connectivity index (χ1v) is 11.7. The Morgan fingerprint density at radius 1 is 1.09 bits per heavy atom. The second kappa shape index (κ2) is 7.85. The highest BCUT2D eigenvalue weighted by Gasteiger charge is 2.19. The molecular formula is C26H20N4O4S. The monoisotopic (exact) mass is 484 g/mol. The highest BCUT2D eigenvalue weighted by Crippen LogP contribution is 2.38. The molecule has 0 aliphatic carbocycles. The van der Waals surface area contributed by atoms with Crippen LogP contribution in [-0.4, -0.2) is 26.2 Å². The van der Waals surface area contributed by atoms with Crippen molar-refractivity contribution in [3.8, 4) is 27.6 Å². The molecule has 6 rings (SSSR count). The SMILES string of the molecule is COc1cc(-c2sc3[nH]c(=O)n(-c4ccc5occc5c4)c(=O)c3c2C)ccc1-n1cnc(C)c1. The molecule has 35 heavy (non-hydrogen) atoms. The van der Waals surface area contributed by atoms with Gasteiger partial charge in [-0.25, -0.2) is 14.3 Å². The van der Waals surface area contributed by atoms with Crippen molar-refractivity contribution in [1.82, 2.24) is 19.1 Å². The molecule has 0 radical (unpaired) electrons. The van der Waals surface area contributed by atoms with E-state index in [2.05, 4.69) is 9.97 Å². The third-order valence-corrected chi connectivity index (χ3v) is 7.37. The molecule has 0 aliphatic rings. The molecule has 0 aliphatic heterocycles. The van der Waals surface area contributed by atoms with E-state index in [4.69, 9.17) is 9.15 Å². The number of rotatable bonds is 4. The van der Waals surface area contributed by atoms with Gasteiger partial charge in [0.05, 0.1) is 42.2 Å². The summed E-state index contributed by atoms with van der Waals surface area (Å²) in [6.07, 6.45) is 5.25. The minimum Gasteiger partial charge on any atom is -0.495 e. The largest absolute Gasteiger partial charge is 0.495 e. The normalized spacial score (nSPS) is 11.5. The third kappa shape index (κ3) is 3.31. The van der Waals surface area contributed by atoms with Gasteiger partial charge in [-0.15, -0.1) is 11.3 Å². The number of aromatic amines is 1. The lowest BCUT2D eigenvalue weighted by molar-refractivity contribution is 0.413. The molecule has 0 amide bonds. The maximum absolute atomic E-state index is 13.5. The number of methoxy groups -OCH3 is 1. The zero-order valence-electron chi connectivity index (χ0n) is 19.2. The van der Waals surface area contributed by atoms with Crippen LogP contribution < -0.4 is 16.0 Å². The van der Waals surface area contributed by atoms with Gasteiger partial charge < -0.3 is 13.7 Å². The molecule has 0 unspecified atom stereocenters. The average molecular weight is 485 g/mol. The van der Waals surface area contributed by atoms with Crippen molar-refractivity contribution < 1.29 is 9.15 Å². The highest BCUT2D eigenvalue weighted by molar-refractivity contribution is 7.22. The number of ether oxygens (including phenoxy) is 1. The van der Waals surface area contributed by atoms with Crippen molar-refractivity contribution in [3.05, 3.63) is 93.3 Å². The molecule has 0 saturated carbocycles. The van der Waals surface area contributed by atoms with E-state index in [0.29, 0.717) is 27.2 Å². The quantitative estimate of drug-likeness (QED) is 0.381. The van der Waals surface area contributed by atoms with Crippen LogP contribution in [0.4, 0.5) is 0 Å². The number of hydrogen-bond acceptors (Lipinski definition) is 6. The molecule has 8 nitrogen and oxygen atoms in total. The summed E-state index contributed by atoms with van der Waals surface area (Å²) in [6.45, 7) is 3.83.